The van der Waals surface area contributed by atoms with E-state index in [0.717, 1.165) is 39.5 Å². The fraction of sp³-hybridized carbons (Fsp3) is 0.333. The Bertz CT molecular complexity index is 763. The smallest absolute Gasteiger partial charge is 0.341 e. The molecular formula is C15H13Br2NO3S2. The van der Waals surface area contributed by atoms with Crippen molar-refractivity contribution >= 4 is 71.4 Å². The quantitative estimate of drug-likeness (QED) is 0.612. The van der Waals surface area contributed by atoms with Gasteiger partial charge in [0.25, 0.3) is 5.91 Å². The molecule has 2 aromatic heterocycles. The van der Waals surface area contributed by atoms with Crippen LogP contribution < -0.4 is 5.32 Å². The van der Waals surface area contributed by atoms with E-state index in [1.165, 1.54) is 34.7 Å². The largest absolute Gasteiger partial charge is 0.465 e. The molecule has 1 aliphatic rings. The summed E-state index contributed by atoms with van der Waals surface area (Å²) in [7, 11) is 1.37. The third kappa shape index (κ3) is 3.40. The van der Waals surface area contributed by atoms with Crippen molar-refractivity contribution < 1.29 is 14.3 Å². The number of ether oxygens (including phenoxy) is 1. The molecule has 4 nitrogen and oxygen atoms in total. The summed E-state index contributed by atoms with van der Waals surface area (Å²) in [6.45, 7) is 0. The molecule has 0 spiro atoms. The normalized spacial score (nSPS) is 13.5. The summed E-state index contributed by atoms with van der Waals surface area (Å²) in [5.74, 6) is -0.599. The SMILES string of the molecule is COC(=O)c1c(NC(=O)c2cc(Br)c(Br)s2)sc2c1CCCC2. The second-order valence-corrected chi connectivity index (χ2v) is 9.42. The molecule has 0 radical (unpaired) electrons. The summed E-state index contributed by atoms with van der Waals surface area (Å²) < 4.78 is 6.62. The second kappa shape index (κ2) is 7.04. The topological polar surface area (TPSA) is 55.4 Å². The molecule has 1 N–H and O–H groups in total. The third-order valence-electron chi connectivity index (χ3n) is 3.66. The molecule has 0 saturated carbocycles. The van der Waals surface area contributed by atoms with Gasteiger partial charge in [-0.05, 0) is 69.2 Å². The molecule has 8 heteroatoms. The van der Waals surface area contributed by atoms with Crippen LogP contribution in [-0.2, 0) is 17.6 Å². The maximum atomic E-state index is 12.5. The Labute approximate surface area is 158 Å². The monoisotopic (exact) mass is 477 g/mol. The number of fused-ring (bicyclic) bond motifs is 1. The number of anilines is 1. The lowest BCUT2D eigenvalue weighted by molar-refractivity contribution is 0.0601. The van der Waals surface area contributed by atoms with Gasteiger partial charge in [0.15, 0.2) is 0 Å². The van der Waals surface area contributed by atoms with Crippen LogP contribution in [0.3, 0.4) is 0 Å². The molecule has 0 bridgehead atoms. The van der Waals surface area contributed by atoms with E-state index in [4.69, 9.17) is 4.74 Å². The van der Waals surface area contributed by atoms with Crippen molar-refractivity contribution in [3.05, 3.63) is 35.2 Å². The van der Waals surface area contributed by atoms with E-state index < -0.39 is 0 Å². The number of halogens is 2. The van der Waals surface area contributed by atoms with E-state index in [-0.39, 0.29) is 11.9 Å². The van der Waals surface area contributed by atoms with Gasteiger partial charge in [-0.3, -0.25) is 4.79 Å². The lowest BCUT2D eigenvalue weighted by atomic mass is 9.95. The summed E-state index contributed by atoms with van der Waals surface area (Å²) in [6, 6.07) is 1.76. The van der Waals surface area contributed by atoms with Crippen LogP contribution in [0.4, 0.5) is 5.00 Å². The Morgan fingerprint density at radius 1 is 1.22 bits per heavy atom. The molecule has 3 rings (SSSR count). The molecule has 2 heterocycles. The van der Waals surface area contributed by atoms with E-state index in [2.05, 4.69) is 37.2 Å². The maximum Gasteiger partial charge on any atom is 0.341 e. The van der Waals surface area contributed by atoms with E-state index >= 15 is 0 Å². The van der Waals surface area contributed by atoms with Gasteiger partial charge in [0.2, 0.25) is 0 Å². The molecule has 2 aromatic rings. The number of esters is 1. The molecule has 0 atom stereocenters. The zero-order valence-electron chi connectivity index (χ0n) is 12.2. The highest BCUT2D eigenvalue weighted by atomic mass is 79.9. The first-order valence-electron chi connectivity index (χ1n) is 7.00. The number of methoxy groups -OCH3 is 1. The molecule has 1 aliphatic carbocycles. The lowest BCUT2D eigenvalue weighted by Crippen LogP contribution is -2.14. The third-order valence-corrected chi connectivity index (χ3v) is 8.12. The number of carbonyl (C=O) groups is 2. The number of rotatable bonds is 3. The van der Waals surface area contributed by atoms with E-state index in [1.807, 2.05) is 0 Å². The number of amides is 1. The summed E-state index contributed by atoms with van der Waals surface area (Å²) >= 11 is 9.59. The molecule has 0 saturated heterocycles. The molecule has 122 valence electrons. The Balaban J connectivity index is 1.94. The van der Waals surface area contributed by atoms with Gasteiger partial charge < -0.3 is 10.1 Å². The van der Waals surface area contributed by atoms with Crippen molar-refractivity contribution in [2.24, 2.45) is 0 Å². The van der Waals surface area contributed by atoms with Crippen LogP contribution in [0.15, 0.2) is 14.3 Å². The Morgan fingerprint density at radius 2 is 1.96 bits per heavy atom. The van der Waals surface area contributed by atoms with Gasteiger partial charge in [-0.1, -0.05) is 0 Å². The minimum absolute atomic E-state index is 0.217. The molecule has 0 unspecified atom stereocenters. The first kappa shape index (κ1) is 17.1. The molecule has 0 aromatic carbocycles. The summed E-state index contributed by atoms with van der Waals surface area (Å²) in [6.07, 6.45) is 4.00. The fourth-order valence-electron chi connectivity index (χ4n) is 2.60. The number of hydrogen-bond acceptors (Lipinski definition) is 5. The molecule has 0 aliphatic heterocycles. The van der Waals surface area contributed by atoms with Gasteiger partial charge in [0.1, 0.15) is 5.00 Å². The Hall–Kier alpha value is -0.700. The van der Waals surface area contributed by atoms with Gasteiger partial charge in [0, 0.05) is 9.35 Å². The van der Waals surface area contributed by atoms with Crippen LogP contribution in [0.25, 0.3) is 0 Å². The summed E-state index contributed by atoms with van der Waals surface area (Å²) in [5, 5.41) is 3.48. The van der Waals surface area contributed by atoms with Gasteiger partial charge in [0.05, 0.1) is 21.3 Å². The molecule has 1 amide bonds. The fourth-order valence-corrected chi connectivity index (χ4v) is 5.80. The van der Waals surface area contributed by atoms with E-state index in [1.54, 1.807) is 6.07 Å². The zero-order valence-corrected chi connectivity index (χ0v) is 17.0. The van der Waals surface area contributed by atoms with Crippen LogP contribution in [0, 0.1) is 0 Å². The van der Waals surface area contributed by atoms with Crippen LogP contribution in [-0.4, -0.2) is 19.0 Å². The standard InChI is InChI=1S/C15H13Br2NO3S2/c1-21-15(20)11-7-4-2-3-5-9(7)23-14(11)18-13(19)10-6-8(16)12(17)22-10/h6H,2-5H2,1H3,(H,18,19). The summed E-state index contributed by atoms with van der Waals surface area (Å²) in [4.78, 5) is 26.4. The minimum atomic E-state index is -0.381. The lowest BCUT2D eigenvalue weighted by Gasteiger charge is -2.11. The van der Waals surface area contributed by atoms with Crippen LogP contribution in [0.1, 0.15) is 43.3 Å². The van der Waals surface area contributed by atoms with Crippen molar-refractivity contribution in [2.45, 2.75) is 25.7 Å². The number of aryl methyl sites for hydroxylation is 1. The first-order chi connectivity index (χ1) is 11.0. The number of carbonyl (C=O) groups excluding carboxylic acids is 2. The van der Waals surface area contributed by atoms with Gasteiger partial charge >= 0.3 is 5.97 Å². The van der Waals surface area contributed by atoms with Crippen molar-refractivity contribution in [1.82, 2.24) is 0 Å². The Morgan fingerprint density at radius 3 is 2.61 bits per heavy atom. The number of hydrogen-bond donors (Lipinski definition) is 1. The van der Waals surface area contributed by atoms with Gasteiger partial charge in [-0.2, -0.15) is 0 Å². The molecule has 23 heavy (non-hydrogen) atoms. The van der Waals surface area contributed by atoms with Crippen LogP contribution >= 0.6 is 54.5 Å². The highest BCUT2D eigenvalue weighted by Gasteiger charge is 2.27. The van der Waals surface area contributed by atoms with Crippen molar-refractivity contribution in [3.8, 4) is 0 Å². The second-order valence-electron chi connectivity index (χ2n) is 5.09. The van der Waals surface area contributed by atoms with Crippen LogP contribution in [0.2, 0.25) is 0 Å². The van der Waals surface area contributed by atoms with E-state index in [0.29, 0.717) is 15.4 Å². The van der Waals surface area contributed by atoms with Crippen LogP contribution in [0.5, 0.6) is 0 Å². The van der Waals surface area contributed by atoms with Gasteiger partial charge in [-0.25, -0.2) is 4.79 Å². The van der Waals surface area contributed by atoms with Crippen molar-refractivity contribution in [3.63, 3.8) is 0 Å². The highest BCUT2D eigenvalue weighted by molar-refractivity contribution is 9.13. The zero-order chi connectivity index (χ0) is 16.6. The Kier molecular flexibility index (Phi) is 5.25. The average Bonchev–Trinajstić information content (AvgIpc) is 3.07. The predicted molar refractivity (Wildman–Crippen MR) is 100.0 cm³/mol. The first-order valence-corrected chi connectivity index (χ1v) is 10.2. The molecule has 0 fully saturated rings. The average molecular weight is 479 g/mol. The number of thiophene rings is 2. The minimum Gasteiger partial charge on any atom is -0.465 e. The predicted octanol–water partition coefficient (Wildman–Crippen LogP) is 5.25. The molecular weight excluding hydrogens is 466 g/mol. The van der Waals surface area contributed by atoms with Crippen molar-refractivity contribution in [1.29, 1.82) is 0 Å². The highest BCUT2D eigenvalue weighted by Crippen LogP contribution is 2.39. The van der Waals surface area contributed by atoms with Gasteiger partial charge in [-0.15, -0.1) is 22.7 Å². The van der Waals surface area contributed by atoms with E-state index in [9.17, 15) is 9.59 Å². The van der Waals surface area contributed by atoms with Crippen molar-refractivity contribution in [2.75, 3.05) is 12.4 Å². The maximum absolute atomic E-state index is 12.5. The number of nitrogens with one attached hydrogen (secondary N) is 1. The summed E-state index contributed by atoms with van der Waals surface area (Å²) in [5.41, 5.74) is 1.56.